The molecule has 0 spiro atoms. The van der Waals surface area contributed by atoms with Gasteiger partial charge in [0.05, 0.1) is 20.0 Å². The number of rotatable bonds is 7. The summed E-state index contributed by atoms with van der Waals surface area (Å²) in [4.78, 5) is 11.1. The number of sulfonamides is 1. The Morgan fingerprint density at radius 3 is 2.24 bits per heavy atom. The van der Waals surface area contributed by atoms with Crippen molar-refractivity contribution in [2.75, 3.05) is 13.1 Å². The number of hydrogen-bond acceptors (Lipinski definition) is 3. The number of hydrogen-bond donors (Lipinski definition) is 1. The summed E-state index contributed by atoms with van der Waals surface area (Å²) in [5.41, 5.74) is -0.245. The summed E-state index contributed by atoms with van der Waals surface area (Å²) >= 11 is 8.90. The molecule has 0 fully saturated rings. The first-order valence-corrected chi connectivity index (χ1v) is 9.09. The highest BCUT2D eigenvalue weighted by Crippen LogP contribution is 2.33. The Morgan fingerprint density at radius 2 is 1.81 bits per heavy atom. The van der Waals surface area contributed by atoms with Gasteiger partial charge >= 0.3 is 5.97 Å². The third-order valence-electron chi connectivity index (χ3n) is 2.83. The van der Waals surface area contributed by atoms with Gasteiger partial charge in [-0.2, -0.15) is 4.31 Å². The third kappa shape index (κ3) is 3.97. The van der Waals surface area contributed by atoms with Crippen LogP contribution in [0.4, 0.5) is 0 Å². The van der Waals surface area contributed by atoms with Crippen molar-refractivity contribution < 1.29 is 18.3 Å². The molecule has 21 heavy (non-hydrogen) atoms. The van der Waals surface area contributed by atoms with Gasteiger partial charge in [0.2, 0.25) is 10.0 Å². The molecule has 1 aromatic carbocycles. The van der Waals surface area contributed by atoms with Crippen LogP contribution >= 0.6 is 27.5 Å². The van der Waals surface area contributed by atoms with Gasteiger partial charge in [0.25, 0.3) is 0 Å². The molecule has 0 heterocycles. The standard InChI is InChI=1S/C13H17BrClNO4S/c1-3-7-16(8-4-2)21(19,20)10-6-5-9(15)11(12(10)14)13(17)18/h5-6H,3-4,7-8H2,1-2H3,(H,17,18). The lowest BCUT2D eigenvalue weighted by Gasteiger charge is -2.22. The van der Waals surface area contributed by atoms with Crippen LogP contribution in [-0.2, 0) is 10.0 Å². The van der Waals surface area contributed by atoms with E-state index in [1.165, 1.54) is 16.4 Å². The maximum absolute atomic E-state index is 12.7. The topological polar surface area (TPSA) is 74.7 Å². The molecule has 0 saturated carbocycles. The molecule has 0 bridgehead atoms. The average molecular weight is 399 g/mol. The maximum atomic E-state index is 12.7. The van der Waals surface area contributed by atoms with Crippen LogP contribution in [0.1, 0.15) is 37.0 Å². The summed E-state index contributed by atoms with van der Waals surface area (Å²) < 4.78 is 26.7. The summed E-state index contributed by atoms with van der Waals surface area (Å²) in [6.45, 7) is 4.54. The molecule has 1 aromatic rings. The highest BCUT2D eigenvalue weighted by atomic mass is 79.9. The first-order valence-electron chi connectivity index (χ1n) is 6.48. The predicted octanol–water partition coefficient (Wildman–Crippen LogP) is 3.61. The predicted molar refractivity (Wildman–Crippen MR) is 85.5 cm³/mol. The molecule has 0 aliphatic rings. The van der Waals surface area contributed by atoms with Crippen LogP contribution in [0.3, 0.4) is 0 Å². The van der Waals surface area contributed by atoms with Crippen molar-refractivity contribution in [2.24, 2.45) is 0 Å². The lowest BCUT2D eigenvalue weighted by molar-refractivity contribution is 0.0695. The van der Waals surface area contributed by atoms with Crippen molar-refractivity contribution in [1.29, 1.82) is 0 Å². The van der Waals surface area contributed by atoms with Crippen LogP contribution in [-0.4, -0.2) is 36.9 Å². The fourth-order valence-corrected chi connectivity index (χ4v) is 5.09. The van der Waals surface area contributed by atoms with E-state index in [1.54, 1.807) is 0 Å². The van der Waals surface area contributed by atoms with E-state index in [2.05, 4.69) is 15.9 Å². The zero-order valence-electron chi connectivity index (χ0n) is 11.8. The molecular weight excluding hydrogens is 382 g/mol. The lowest BCUT2D eigenvalue weighted by atomic mass is 10.2. The summed E-state index contributed by atoms with van der Waals surface area (Å²) in [5.74, 6) is -1.28. The molecular formula is C13H17BrClNO4S. The van der Waals surface area contributed by atoms with E-state index in [9.17, 15) is 13.2 Å². The molecule has 0 aliphatic carbocycles. The van der Waals surface area contributed by atoms with E-state index in [1.807, 2.05) is 13.8 Å². The molecule has 0 aliphatic heterocycles. The highest BCUT2D eigenvalue weighted by molar-refractivity contribution is 9.10. The molecule has 0 saturated heterocycles. The van der Waals surface area contributed by atoms with Crippen molar-refractivity contribution in [3.8, 4) is 0 Å². The second-order valence-corrected chi connectivity index (χ2v) is 7.55. The number of benzene rings is 1. The number of nitrogens with zero attached hydrogens (tertiary/aromatic N) is 1. The normalized spacial score (nSPS) is 11.9. The lowest BCUT2D eigenvalue weighted by Crippen LogP contribution is -2.33. The van der Waals surface area contributed by atoms with Crippen LogP contribution in [0.5, 0.6) is 0 Å². The molecule has 1 rings (SSSR count). The van der Waals surface area contributed by atoms with Gasteiger partial charge in [0.15, 0.2) is 0 Å². The van der Waals surface area contributed by atoms with Gasteiger partial charge in [0.1, 0.15) is 0 Å². The Labute approximate surface area is 138 Å². The minimum absolute atomic E-state index is 0.00846. The smallest absolute Gasteiger partial charge is 0.338 e. The van der Waals surface area contributed by atoms with Crippen molar-refractivity contribution in [2.45, 2.75) is 31.6 Å². The fourth-order valence-electron chi connectivity index (χ4n) is 1.92. The molecule has 0 aromatic heterocycles. The van der Waals surface area contributed by atoms with Crippen LogP contribution in [0.25, 0.3) is 0 Å². The minimum atomic E-state index is -3.76. The van der Waals surface area contributed by atoms with Gasteiger partial charge in [-0.25, -0.2) is 13.2 Å². The molecule has 0 amide bonds. The van der Waals surface area contributed by atoms with Gasteiger partial charge in [-0.1, -0.05) is 25.4 Å². The molecule has 1 N–H and O–H groups in total. The number of halogens is 2. The van der Waals surface area contributed by atoms with Gasteiger partial charge in [-0.05, 0) is 40.9 Å². The van der Waals surface area contributed by atoms with Crippen LogP contribution in [0.2, 0.25) is 5.02 Å². The van der Waals surface area contributed by atoms with E-state index >= 15 is 0 Å². The van der Waals surface area contributed by atoms with Gasteiger partial charge in [-0.3, -0.25) is 0 Å². The van der Waals surface area contributed by atoms with Gasteiger partial charge < -0.3 is 5.11 Å². The Balaban J connectivity index is 3.44. The van der Waals surface area contributed by atoms with Gasteiger partial charge in [-0.15, -0.1) is 0 Å². The first kappa shape index (κ1) is 18.4. The Hall–Kier alpha value is -0.630. The fraction of sp³-hybridized carbons (Fsp3) is 0.462. The summed E-state index contributed by atoms with van der Waals surface area (Å²) in [6.07, 6.45) is 1.35. The molecule has 118 valence electrons. The zero-order valence-corrected chi connectivity index (χ0v) is 14.9. The van der Waals surface area contributed by atoms with Crippen LogP contribution in [0.15, 0.2) is 21.5 Å². The SMILES string of the molecule is CCCN(CCC)S(=O)(=O)c1ccc(Cl)c(C(=O)O)c1Br. The summed E-state index contributed by atoms with van der Waals surface area (Å²) in [5, 5.41) is 9.15. The Kier molecular flexibility index (Phi) is 6.65. The molecule has 0 radical (unpaired) electrons. The Bertz CT molecular complexity index is 627. The van der Waals surface area contributed by atoms with E-state index in [0.29, 0.717) is 25.9 Å². The van der Waals surface area contributed by atoms with Crippen molar-refractivity contribution in [1.82, 2.24) is 4.31 Å². The summed E-state index contributed by atoms with van der Waals surface area (Å²) in [6, 6.07) is 2.62. The van der Waals surface area contributed by atoms with Crippen molar-refractivity contribution >= 4 is 43.5 Å². The van der Waals surface area contributed by atoms with Gasteiger partial charge in [0, 0.05) is 13.1 Å². The zero-order chi connectivity index (χ0) is 16.2. The quantitative estimate of drug-likeness (QED) is 0.761. The monoisotopic (exact) mass is 397 g/mol. The number of carboxylic acids is 1. The number of carboxylic acid groups (broad SMARTS) is 1. The van der Waals surface area contributed by atoms with E-state index in [-0.39, 0.29) is 20.0 Å². The molecule has 8 heteroatoms. The molecule has 0 atom stereocenters. The molecule has 5 nitrogen and oxygen atoms in total. The number of aromatic carboxylic acids is 1. The number of carbonyl (C=O) groups is 1. The van der Waals surface area contributed by atoms with Crippen molar-refractivity contribution in [3.05, 3.63) is 27.2 Å². The van der Waals surface area contributed by atoms with Crippen LogP contribution < -0.4 is 0 Å². The highest BCUT2D eigenvalue weighted by Gasteiger charge is 2.28. The van der Waals surface area contributed by atoms with Crippen molar-refractivity contribution in [3.63, 3.8) is 0 Å². The largest absolute Gasteiger partial charge is 0.478 e. The average Bonchev–Trinajstić information content (AvgIpc) is 2.37. The Morgan fingerprint density at radius 1 is 1.29 bits per heavy atom. The van der Waals surface area contributed by atoms with E-state index in [0.717, 1.165) is 0 Å². The minimum Gasteiger partial charge on any atom is -0.478 e. The second-order valence-electron chi connectivity index (χ2n) is 4.44. The third-order valence-corrected chi connectivity index (χ3v) is 6.18. The molecule has 0 unspecified atom stereocenters. The van der Waals surface area contributed by atoms with E-state index < -0.39 is 16.0 Å². The van der Waals surface area contributed by atoms with E-state index in [4.69, 9.17) is 16.7 Å². The maximum Gasteiger partial charge on any atom is 0.338 e. The summed E-state index contributed by atoms with van der Waals surface area (Å²) in [7, 11) is -3.76. The first-order chi connectivity index (χ1) is 9.77. The second kappa shape index (κ2) is 7.58. The van der Waals surface area contributed by atoms with Crippen LogP contribution in [0, 0.1) is 0 Å².